The van der Waals surface area contributed by atoms with Crippen molar-refractivity contribution in [3.05, 3.63) is 54.8 Å². The van der Waals surface area contributed by atoms with Crippen molar-refractivity contribution in [1.82, 2.24) is 24.7 Å². The van der Waals surface area contributed by atoms with Crippen molar-refractivity contribution in [3.63, 3.8) is 0 Å². The number of hydrogen-bond acceptors (Lipinski definition) is 6. The molecule has 0 N–H and O–H groups in total. The van der Waals surface area contributed by atoms with Gasteiger partial charge in [0.2, 0.25) is 5.82 Å². The van der Waals surface area contributed by atoms with Gasteiger partial charge in [0.1, 0.15) is 18.2 Å². The molecule has 1 aromatic carbocycles. The highest BCUT2D eigenvalue weighted by atomic mass is 16.5. The first-order chi connectivity index (χ1) is 12.4. The smallest absolute Gasteiger partial charge is 0.256 e. The summed E-state index contributed by atoms with van der Waals surface area (Å²) in [5.41, 5.74) is 2.76. The number of rotatable bonds is 3. The molecular weight excluding hydrogens is 318 g/mol. The van der Waals surface area contributed by atoms with Gasteiger partial charge in [-0.3, -0.25) is 4.57 Å². The Hall–Kier alpha value is -3.06. The van der Waals surface area contributed by atoms with Gasteiger partial charge in [0.25, 0.3) is 5.89 Å². The van der Waals surface area contributed by atoms with E-state index in [1.165, 1.54) is 0 Å². The van der Waals surface area contributed by atoms with E-state index < -0.39 is 0 Å². The van der Waals surface area contributed by atoms with E-state index in [1.807, 2.05) is 41.0 Å². The highest BCUT2D eigenvalue weighted by Crippen LogP contribution is 2.28. The zero-order valence-corrected chi connectivity index (χ0v) is 13.4. The summed E-state index contributed by atoms with van der Waals surface area (Å²) in [5.74, 6) is 1.86. The van der Waals surface area contributed by atoms with Gasteiger partial charge in [-0.05, 0) is 37.1 Å². The average molecular weight is 333 g/mol. The molecule has 1 aliphatic rings. The molecule has 0 unspecified atom stereocenters. The number of fused-ring (bicyclic) bond motifs is 1. The van der Waals surface area contributed by atoms with Crippen LogP contribution in [-0.2, 0) is 4.74 Å². The molecule has 1 fully saturated rings. The normalized spacial score (nSPS) is 17.4. The molecule has 124 valence electrons. The van der Waals surface area contributed by atoms with E-state index in [0.717, 1.165) is 41.9 Å². The Morgan fingerprint density at radius 1 is 1.08 bits per heavy atom. The lowest BCUT2D eigenvalue weighted by atomic mass is 10.2. The van der Waals surface area contributed by atoms with Crippen molar-refractivity contribution in [2.24, 2.45) is 0 Å². The maximum atomic E-state index is 5.58. The zero-order valence-electron chi connectivity index (χ0n) is 13.4. The molecule has 0 saturated carbocycles. The van der Waals surface area contributed by atoms with E-state index in [2.05, 4.69) is 20.1 Å². The molecular formula is C18H15N5O2. The van der Waals surface area contributed by atoms with Crippen molar-refractivity contribution in [2.75, 3.05) is 6.61 Å². The van der Waals surface area contributed by atoms with Gasteiger partial charge in [0, 0.05) is 18.4 Å². The van der Waals surface area contributed by atoms with Crippen molar-refractivity contribution in [1.29, 1.82) is 0 Å². The van der Waals surface area contributed by atoms with E-state index >= 15 is 0 Å². The summed E-state index contributed by atoms with van der Waals surface area (Å²) in [6.07, 6.45) is 5.39. The van der Waals surface area contributed by atoms with Gasteiger partial charge in [-0.15, -0.1) is 0 Å². The Kier molecular flexibility index (Phi) is 3.31. The van der Waals surface area contributed by atoms with E-state index in [-0.39, 0.29) is 6.10 Å². The summed E-state index contributed by atoms with van der Waals surface area (Å²) in [7, 11) is 0. The lowest BCUT2D eigenvalue weighted by molar-refractivity contribution is 0.0835. The molecule has 4 aromatic rings. The largest absolute Gasteiger partial charge is 0.368 e. The Bertz CT molecular complexity index is 1020. The summed E-state index contributed by atoms with van der Waals surface area (Å²) in [4.78, 5) is 13.4. The molecule has 0 spiro atoms. The van der Waals surface area contributed by atoms with Crippen molar-refractivity contribution in [3.8, 4) is 17.2 Å². The molecule has 7 heteroatoms. The molecule has 1 atom stereocenters. The molecule has 1 aliphatic heterocycles. The van der Waals surface area contributed by atoms with Crippen LogP contribution in [0.25, 0.3) is 28.2 Å². The van der Waals surface area contributed by atoms with Gasteiger partial charge >= 0.3 is 0 Å². The SMILES string of the molecule is c1ccc2c(c1)ncn2-c1ccc(-c2noc([C@@H]3CCCO3)n2)cn1. The monoisotopic (exact) mass is 333 g/mol. The third-order valence-electron chi connectivity index (χ3n) is 4.35. The standard InChI is InChI=1S/C18H15N5O2/c1-2-5-14-13(4-1)20-11-23(14)16-8-7-12(10-19-16)17-21-18(25-22-17)15-6-3-9-24-15/h1-2,4-5,7-8,10-11,15H,3,6,9H2/t15-/m0/s1. The summed E-state index contributed by atoms with van der Waals surface area (Å²) in [5, 5.41) is 4.05. The molecule has 0 amide bonds. The highest BCUT2D eigenvalue weighted by Gasteiger charge is 2.24. The van der Waals surface area contributed by atoms with Crippen LogP contribution in [0, 0.1) is 0 Å². The van der Waals surface area contributed by atoms with E-state index in [9.17, 15) is 0 Å². The van der Waals surface area contributed by atoms with Gasteiger partial charge in [-0.25, -0.2) is 9.97 Å². The molecule has 0 bridgehead atoms. The number of para-hydroxylation sites is 2. The van der Waals surface area contributed by atoms with Crippen LogP contribution in [0.2, 0.25) is 0 Å². The molecule has 0 radical (unpaired) electrons. The third-order valence-corrected chi connectivity index (χ3v) is 4.35. The second kappa shape index (κ2) is 5.78. The Labute approximate surface area is 143 Å². The summed E-state index contributed by atoms with van der Waals surface area (Å²) < 4.78 is 12.9. The second-order valence-corrected chi connectivity index (χ2v) is 5.97. The lowest BCUT2D eigenvalue weighted by Crippen LogP contribution is -1.97. The Morgan fingerprint density at radius 3 is 2.88 bits per heavy atom. The predicted octanol–water partition coefficient (Wildman–Crippen LogP) is 3.32. The van der Waals surface area contributed by atoms with E-state index in [0.29, 0.717) is 11.7 Å². The minimum Gasteiger partial charge on any atom is -0.368 e. The fourth-order valence-electron chi connectivity index (χ4n) is 3.06. The number of imidazole rings is 1. The van der Waals surface area contributed by atoms with Crippen LogP contribution in [0.15, 0.2) is 53.4 Å². The second-order valence-electron chi connectivity index (χ2n) is 5.97. The minimum absolute atomic E-state index is 0.0780. The molecule has 4 heterocycles. The van der Waals surface area contributed by atoms with Crippen LogP contribution >= 0.6 is 0 Å². The van der Waals surface area contributed by atoms with E-state index in [1.54, 1.807) is 12.5 Å². The predicted molar refractivity (Wildman–Crippen MR) is 90.1 cm³/mol. The number of aromatic nitrogens is 5. The van der Waals surface area contributed by atoms with Crippen LogP contribution < -0.4 is 0 Å². The van der Waals surface area contributed by atoms with Crippen LogP contribution in [0.4, 0.5) is 0 Å². The Morgan fingerprint density at radius 2 is 2.04 bits per heavy atom. The molecule has 25 heavy (non-hydrogen) atoms. The van der Waals surface area contributed by atoms with Gasteiger partial charge < -0.3 is 9.26 Å². The highest BCUT2D eigenvalue weighted by molar-refractivity contribution is 5.76. The summed E-state index contributed by atoms with van der Waals surface area (Å²) >= 11 is 0. The molecule has 3 aromatic heterocycles. The quantitative estimate of drug-likeness (QED) is 0.572. The fraction of sp³-hybridized carbons (Fsp3) is 0.222. The zero-order chi connectivity index (χ0) is 16.6. The Balaban J connectivity index is 1.45. The number of ether oxygens (including phenoxy) is 1. The van der Waals surface area contributed by atoms with Crippen molar-refractivity contribution in [2.45, 2.75) is 18.9 Å². The van der Waals surface area contributed by atoms with Gasteiger partial charge in [-0.1, -0.05) is 17.3 Å². The van der Waals surface area contributed by atoms with Crippen LogP contribution in [0.3, 0.4) is 0 Å². The first kappa shape index (κ1) is 14.3. The third kappa shape index (κ3) is 2.49. The lowest BCUT2D eigenvalue weighted by Gasteiger charge is -2.03. The first-order valence-corrected chi connectivity index (χ1v) is 8.22. The van der Waals surface area contributed by atoms with Crippen LogP contribution in [0.5, 0.6) is 0 Å². The van der Waals surface area contributed by atoms with Gasteiger partial charge in [0.15, 0.2) is 0 Å². The summed E-state index contributed by atoms with van der Waals surface area (Å²) in [6, 6.07) is 11.8. The molecule has 5 rings (SSSR count). The van der Waals surface area contributed by atoms with Crippen molar-refractivity contribution < 1.29 is 9.26 Å². The van der Waals surface area contributed by atoms with Gasteiger partial charge in [0.05, 0.1) is 11.0 Å². The van der Waals surface area contributed by atoms with Gasteiger partial charge in [-0.2, -0.15) is 4.98 Å². The number of nitrogens with zero attached hydrogens (tertiary/aromatic N) is 5. The maximum absolute atomic E-state index is 5.58. The average Bonchev–Trinajstić information content (AvgIpc) is 3.40. The topological polar surface area (TPSA) is 78.9 Å². The van der Waals surface area contributed by atoms with Crippen LogP contribution in [0.1, 0.15) is 24.8 Å². The maximum Gasteiger partial charge on any atom is 0.256 e. The fourth-order valence-corrected chi connectivity index (χ4v) is 3.06. The minimum atomic E-state index is -0.0780. The summed E-state index contributed by atoms with van der Waals surface area (Å²) in [6.45, 7) is 0.748. The molecule has 1 saturated heterocycles. The van der Waals surface area contributed by atoms with Crippen molar-refractivity contribution >= 4 is 11.0 Å². The number of benzene rings is 1. The van der Waals surface area contributed by atoms with E-state index in [4.69, 9.17) is 9.26 Å². The number of pyridine rings is 1. The molecule has 0 aliphatic carbocycles. The molecule has 7 nitrogen and oxygen atoms in total. The number of hydrogen-bond donors (Lipinski definition) is 0. The van der Waals surface area contributed by atoms with Crippen LogP contribution in [-0.4, -0.2) is 31.3 Å². The first-order valence-electron chi connectivity index (χ1n) is 8.22.